The molecule has 2 aliphatic carbocycles. The predicted octanol–water partition coefficient (Wildman–Crippen LogP) is 2.06. The summed E-state index contributed by atoms with van der Waals surface area (Å²) in [6.07, 6.45) is 8.76. The van der Waals surface area contributed by atoms with E-state index in [0.29, 0.717) is 0 Å². The Morgan fingerprint density at radius 1 is 1.50 bits per heavy atom. The highest BCUT2D eigenvalue weighted by atomic mass is 14.3. The molecule has 0 unspecified atom stereocenters. The molecule has 40 valence electrons. The summed E-state index contributed by atoms with van der Waals surface area (Å²) in [4.78, 5) is 0. The SMILES string of the molecule is CC1=CC=CC2=C[C@H]12. The number of hydrogen-bond acceptors (Lipinski definition) is 0. The van der Waals surface area contributed by atoms with Crippen molar-refractivity contribution in [3.8, 4) is 0 Å². The average molecular weight is 104 g/mol. The van der Waals surface area contributed by atoms with E-state index in [2.05, 4.69) is 31.2 Å². The van der Waals surface area contributed by atoms with Gasteiger partial charge in [0.2, 0.25) is 0 Å². The summed E-state index contributed by atoms with van der Waals surface area (Å²) < 4.78 is 0. The van der Waals surface area contributed by atoms with E-state index in [-0.39, 0.29) is 0 Å². The number of rotatable bonds is 0. The molecule has 0 radical (unpaired) electrons. The molecule has 0 aromatic rings. The highest BCUT2D eigenvalue weighted by Crippen LogP contribution is 2.38. The molecular weight excluding hydrogens is 96.1 g/mol. The lowest BCUT2D eigenvalue weighted by Crippen LogP contribution is -1.84. The first-order valence-electron chi connectivity index (χ1n) is 2.94. The Morgan fingerprint density at radius 2 is 2.38 bits per heavy atom. The van der Waals surface area contributed by atoms with Crippen LogP contribution < -0.4 is 0 Å². The lowest BCUT2D eigenvalue weighted by molar-refractivity contribution is 1.06. The third-order valence-corrected chi connectivity index (χ3v) is 1.75. The van der Waals surface area contributed by atoms with Crippen LogP contribution in [0.3, 0.4) is 0 Å². The lowest BCUT2D eigenvalue weighted by atomic mass is 10.1. The molecule has 0 nitrogen and oxygen atoms in total. The fourth-order valence-electron chi connectivity index (χ4n) is 1.11. The molecular formula is C8H8. The van der Waals surface area contributed by atoms with Crippen molar-refractivity contribution in [1.29, 1.82) is 0 Å². The highest BCUT2D eigenvalue weighted by Gasteiger charge is 2.24. The van der Waals surface area contributed by atoms with Crippen LogP contribution >= 0.6 is 0 Å². The molecule has 0 heteroatoms. The second kappa shape index (κ2) is 1.13. The normalized spacial score (nSPS) is 30.9. The Hall–Kier alpha value is -0.780. The quantitative estimate of drug-likeness (QED) is 0.441. The van der Waals surface area contributed by atoms with Crippen LogP contribution in [0.1, 0.15) is 6.92 Å². The van der Waals surface area contributed by atoms with Crippen LogP contribution in [0, 0.1) is 5.92 Å². The molecule has 0 spiro atoms. The van der Waals surface area contributed by atoms with Crippen molar-refractivity contribution in [3.05, 3.63) is 35.5 Å². The predicted molar refractivity (Wildman–Crippen MR) is 34.5 cm³/mol. The van der Waals surface area contributed by atoms with Gasteiger partial charge in [-0.05, 0) is 12.5 Å². The van der Waals surface area contributed by atoms with Crippen molar-refractivity contribution in [2.75, 3.05) is 0 Å². The second-order valence-electron chi connectivity index (χ2n) is 2.41. The minimum absolute atomic E-state index is 0.736. The summed E-state index contributed by atoms with van der Waals surface area (Å²) in [7, 11) is 0. The Bertz CT molecular complexity index is 204. The summed E-state index contributed by atoms with van der Waals surface area (Å²) in [5.74, 6) is 0.736. The second-order valence-corrected chi connectivity index (χ2v) is 2.41. The fourth-order valence-corrected chi connectivity index (χ4v) is 1.11. The van der Waals surface area contributed by atoms with Gasteiger partial charge in [0.15, 0.2) is 0 Å². The molecule has 0 bridgehead atoms. The molecule has 0 saturated heterocycles. The van der Waals surface area contributed by atoms with E-state index >= 15 is 0 Å². The molecule has 0 fully saturated rings. The summed E-state index contributed by atoms with van der Waals surface area (Å²) in [5.41, 5.74) is 2.99. The molecule has 0 saturated carbocycles. The monoisotopic (exact) mass is 104 g/mol. The maximum Gasteiger partial charge on any atom is 0.0231 e. The largest absolute Gasteiger partial charge is 0.0688 e. The fraction of sp³-hybridized carbons (Fsp3) is 0.250. The molecule has 8 heavy (non-hydrogen) atoms. The van der Waals surface area contributed by atoms with Crippen LogP contribution in [0.2, 0.25) is 0 Å². The Labute approximate surface area is 49.2 Å². The molecule has 1 atom stereocenters. The van der Waals surface area contributed by atoms with E-state index in [9.17, 15) is 0 Å². The zero-order valence-corrected chi connectivity index (χ0v) is 4.89. The number of hydrogen-bond donors (Lipinski definition) is 0. The van der Waals surface area contributed by atoms with Crippen LogP contribution in [-0.4, -0.2) is 0 Å². The van der Waals surface area contributed by atoms with E-state index in [0.717, 1.165) is 5.92 Å². The molecule has 0 N–H and O–H groups in total. The van der Waals surface area contributed by atoms with Crippen molar-refractivity contribution < 1.29 is 0 Å². The highest BCUT2D eigenvalue weighted by molar-refractivity contribution is 5.51. The Kier molecular flexibility index (Phi) is 0.587. The van der Waals surface area contributed by atoms with Gasteiger partial charge in [0.25, 0.3) is 0 Å². The summed E-state index contributed by atoms with van der Waals surface area (Å²) in [5, 5.41) is 0. The standard InChI is InChI=1S/C8H8/c1-6-3-2-4-7-5-8(6)7/h2-5,8H,1H3/t8-/m1/s1. The minimum atomic E-state index is 0.736. The number of fused-ring (bicyclic) bond motifs is 1. The van der Waals surface area contributed by atoms with Gasteiger partial charge in [-0.1, -0.05) is 29.9 Å². The first kappa shape index (κ1) is 4.13. The first-order chi connectivity index (χ1) is 3.88. The summed E-state index contributed by atoms with van der Waals surface area (Å²) in [6, 6.07) is 0. The molecule has 0 aromatic carbocycles. The zero-order chi connectivity index (χ0) is 5.56. The Morgan fingerprint density at radius 3 is 3.00 bits per heavy atom. The van der Waals surface area contributed by atoms with Crippen molar-refractivity contribution in [2.45, 2.75) is 6.92 Å². The van der Waals surface area contributed by atoms with Crippen LogP contribution in [-0.2, 0) is 0 Å². The third kappa shape index (κ3) is 0.401. The van der Waals surface area contributed by atoms with Gasteiger partial charge in [0, 0.05) is 5.92 Å². The van der Waals surface area contributed by atoms with Crippen molar-refractivity contribution >= 4 is 0 Å². The zero-order valence-electron chi connectivity index (χ0n) is 4.89. The van der Waals surface area contributed by atoms with E-state index < -0.39 is 0 Å². The van der Waals surface area contributed by atoms with Gasteiger partial charge in [0.05, 0.1) is 0 Å². The number of allylic oxidation sites excluding steroid dienone is 6. The van der Waals surface area contributed by atoms with Crippen molar-refractivity contribution in [3.63, 3.8) is 0 Å². The van der Waals surface area contributed by atoms with Crippen molar-refractivity contribution in [1.82, 2.24) is 0 Å². The molecule has 0 aliphatic heterocycles. The molecule has 0 heterocycles. The summed E-state index contributed by atoms with van der Waals surface area (Å²) in [6.45, 7) is 2.18. The first-order valence-corrected chi connectivity index (χ1v) is 2.94. The summed E-state index contributed by atoms with van der Waals surface area (Å²) >= 11 is 0. The van der Waals surface area contributed by atoms with Crippen LogP contribution in [0.4, 0.5) is 0 Å². The van der Waals surface area contributed by atoms with E-state index in [1.165, 1.54) is 11.1 Å². The molecule has 2 rings (SSSR count). The lowest BCUT2D eigenvalue weighted by Gasteiger charge is -1.99. The van der Waals surface area contributed by atoms with Gasteiger partial charge < -0.3 is 0 Å². The average Bonchev–Trinajstić information content (AvgIpc) is 2.45. The van der Waals surface area contributed by atoms with E-state index in [1.54, 1.807) is 0 Å². The topological polar surface area (TPSA) is 0 Å². The van der Waals surface area contributed by atoms with E-state index in [1.807, 2.05) is 0 Å². The molecule has 0 amide bonds. The van der Waals surface area contributed by atoms with E-state index in [4.69, 9.17) is 0 Å². The van der Waals surface area contributed by atoms with Crippen LogP contribution in [0.15, 0.2) is 35.5 Å². The van der Waals surface area contributed by atoms with Crippen molar-refractivity contribution in [2.24, 2.45) is 5.92 Å². The molecule has 0 aromatic heterocycles. The van der Waals surface area contributed by atoms with Gasteiger partial charge in [-0.25, -0.2) is 0 Å². The third-order valence-electron chi connectivity index (χ3n) is 1.75. The minimum Gasteiger partial charge on any atom is -0.0688 e. The Balaban J connectivity index is 2.37. The van der Waals surface area contributed by atoms with Gasteiger partial charge >= 0.3 is 0 Å². The van der Waals surface area contributed by atoms with Gasteiger partial charge in [-0.15, -0.1) is 0 Å². The maximum absolute atomic E-state index is 2.29. The van der Waals surface area contributed by atoms with Crippen LogP contribution in [0.25, 0.3) is 0 Å². The van der Waals surface area contributed by atoms with Gasteiger partial charge in [-0.3, -0.25) is 0 Å². The maximum atomic E-state index is 2.29. The van der Waals surface area contributed by atoms with Crippen LogP contribution in [0.5, 0.6) is 0 Å². The smallest absolute Gasteiger partial charge is 0.0231 e. The molecule has 2 aliphatic rings. The van der Waals surface area contributed by atoms with Gasteiger partial charge in [0.1, 0.15) is 0 Å². The van der Waals surface area contributed by atoms with Gasteiger partial charge in [-0.2, -0.15) is 0 Å².